The van der Waals surface area contributed by atoms with E-state index in [1.807, 2.05) is 24.3 Å². The number of hydrogen-bond acceptors (Lipinski definition) is 4. The number of nitrogen functional groups attached to an aromatic ring is 1. The first-order valence-electron chi connectivity index (χ1n) is 6.70. The topological polar surface area (TPSA) is 48.1 Å². The second kappa shape index (κ2) is 6.10. The monoisotopic (exact) mass is 302 g/mol. The number of rotatable bonds is 5. The number of nitrogens with two attached hydrogens (primary N) is 1. The molecule has 0 spiro atoms. The summed E-state index contributed by atoms with van der Waals surface area (Å²) in [6.07, 6.45) is 2.20. The van der Waals surface area contributed by atoms with Crippen molar-refractivity contribution in [3.05, 3.63) is 42.6 Å². The fourth-order valence-electron chi connectivity index (χ4n) is 2.04. The van der Waals surface area contributed by atoms with Crippen LogP contribution in [0.3, 0.4) is 0 Å². The summed E-state index contributed by atoms with van der Waals surface area (Å²) in [5.41, 5.74) is 6.65. The minimum atomic E-state index is -0.352. The lowest BCUT2D eigenvalue weighted by Gasteiger charge is -2.03. The van der Waals surface area contributed by atoms with Crippen LogP contribution >= 0.6 is 11.3 Å². The van der Waals surface area contributed by atoms with Gasteiger partial charge in [0.2, 0.25) is 0 Å². The van der Waals surface area contributed by atoms with Crippen LogP contribution in [0.2, 0.25) is 0 Å². The third-order valence-electron chi connectivity index (χ3n) is 3.11. The number of alkyl halides is 1. The molecule has 0 radical (unpaired) electrons. The summed E-state index contributed by atoms with van der Waals surface area (Å²) in [6, 6.07) is 11.8. The van der Waals surface area contributed by atoms with Crippen LogP contribution in [-0.2, 0) is 0 Å². The van der Waals surface area contributed by atoms with E-state index in [1.165, 1.54) is 0 Å². The second-order valence-corrected chi connectivity index (χ2v) is 5.76. The first-order chi connectivity index (χ1) is 10.3. The van der Waals surface area contributed by atoms with E-state index < -0.39 is 0 Å². The molecule has 2 N–H and O–H groups in total. The van der Waals surface area contributed by atoms with Gasteiger partial charge in [0.15, 0.2) is 0 Å². The van der Waals surface area contributed by atoms with Crippen LogP contribution in [-0.4, -0.2) is 18.3 Å². The molecule has 0 aliphatic carbocycles. The first kappa shape index (κ1) is 13.8. The van der Waals surface area contributed by atoms with Crippen LogP contribution in [0.25, 0.3) is 20.5 Å². The summed E-state index contributed by atoms with van der Waals surface area (Å²) in [4.78, 5) is 5.25. The smallest absolute Gasteiger partial charge is 0.123 e. The van der Waals surface area contributed by atoms with Crippen LogP contribution < -0.4 is 10.5 Å². The molecule has 3 aromatic rings. The third-order valence-corrected chi connectivity index (χ3v) is 4.26. The standard InChI is InChI=1S/C16H15FN2OS/c17-6-1-7-20-13-4-2-11-8-14(21-15(11)9-13)12-3-5-16(18)19-10-12/h2-5,8-10H,1,6-7H2,(H2,18,19). The Morgan fingerprint density at radius 2 is 2.10 bits per heavy atom. The van der Waals surface area contributed by atoms with Gasteiger partial charge in [-0.1, -0.05) is 0 Å². The van der Waals surface area contributed by atoms with Gasteiger partial charge in [-0.05, 0) is 41.8 Å². The number of anilines is 1. The Bertz CT molecular complexity index is 740. The fourth-order valence-corrected chi connectivity index (χ4v) is 3.12. The normalized spacial score (nSPS) is 10.9. The van der Waals surface area contributed by atoms with Crippen molar-refractivity contribution in [2.24, 2.45) is 0 Å². The van der Waals surface area contributed by atoms with Crippen LogP contribution in [0.5, 0.6) is 5.75 Å². The number of ether oxygens (including phenoxy) is 1. The van der Waals surface area contributed by atoms with Crippen LogP contribution in [0.15, 0.2) is 42.6 Å². The highest BCUT2D eigenvalue weighted by atomic mass is 32.1. The minimum Gasteiger partial charge on any atom is -0.493 e. The molecule has 0 amide bonds. The predicted molar refractivity (Wildman–Crippen MR) is 85.6 cm³/mol. The number of halogens is 1. The first-order valence-corrected chi connectivity index (χ1v) is 7.52. The molecule has 2 aromatic heterocycles. The molecule has 2 heterocycles. The Kier molecular flexibility index (Phi) is 4.01. The van der Waals surface area contributed by atoms with E-state index in [4.69, 9.17) is 10.5 Å². The number of benzene rings is 1. The third kappa shape index (κ3) is 3.13. The summed E-state index contributed by atoms with van der Waals surface area (Å²) < 4.78 is 18.7. The zero-order chi connectivity index (χ0) is 14.7. The molecule has 0 fully saturated rings. The number of nitrogens with zero attached hydrogens (tertiary/aromatic N) is 1. The van der Waals surface area contributed by atoms with Crippen molar-refractivity contribution in [3.8, 4) is 16.2 Å². The maximum atomic E-state index is 12.1. The molecule has 21 heavy (non-hydrogen) atoms. The molecule has 0 bridgehead atoms. The fraction of sp³-hybridized carbons (Fsp3) is 0.188. The van der Waals surface area contributed by atoms with Crippen molar-refractivity contribution < 1.29 is 9.13 Å². The van der Waals surface area contributed by atoms with Crippen LogP contribution in [0.4, 0.5) is 10.2 Å². The lowest BCUT2D eigenvalue weighted by molar-refractivity contribution is 0.290. The minimum absolute atomic E-state index is 0.352. The summed E-state index contributed by atoms with van der Waals surface area (Å²) in [5.74, 6) is 1.29. The van der Waals surface area contributed by atoms with Gasteiger partial charge in [0, 0.05) is 27.8 Å². The molecule has 3 rings (SSSR count). The van der Waals surface area contributed by atoms with Gasteiger partial charge < -0.3 is 10.5 Å². The van der Waals surface area contributed by atoms with Crippen LogP contribution in [0, 0.1) is 0 Å². The van der Waals surface area contributed by atoms with Gasteiger partial charge in [0.25, 0.3) is 0 Å². The van der Waals surface area contributed by atoms with Crippen molar-refractivity contribution >= 4 is 27.2 Å². The summed E-state index contributed by atoms with van der Waals surface area (Å²) >= 11 is 1.67. The van der Waals surface area contributed by atoms with E-state index in [0.717, 1.165) is 26.3 Å². The molecule has 0 saturated carbocycles. The Labute approximate surface area is 126 Å². The van der Waals surface area contributed by atoms with Crippen molar-refractivity contribution in [1.29, 1.82) is 0 Å². The van der Waals surface area contributed by atoms with Gasteiger partial charge in [0.1, 0.15) is 11.6 Å². The van der Waals surface area contributed by atoms with E-state index >= 15 is 0 Å². The highest BCUT2D eigenvalue weighted by Crippen LogP contribution is 2.35. The summed E-state index contributed by atoms with van der Waals surface area (Å²) in [5, 5.41) is 1.16. The number of aromatic nitrogens is 1. The molecule has 0 aliphatic heterocycles. The molecule has 0 unspecified atom stereocenters. The molecule has 5 heteroatoms. The lowest BCUT2D eigenvalue weighted by Crippen LogP contribution is -1.97. The van der Waals surface area contributed by atoms with Crippen LogP contribution in [0.1, 0.15) is 6.42 Å². The Balaban J connectivity index is 1.87. The summed E-state index contributed by atoms with van der Waals surface area (Å²) in [7, 11) is 0. The Morgan fingerprint density at radius 3 is 2.86 bits per heavy atom. The van der Waals surface area contributed by atoms with Gasteiger partial charge in [-0.25, -0.2) is 4.98 Å². The van der Waals surface area contributed by atoms with E-state index in [9.17, 15) is 4.39 Å². The molecule has 108 valence electrons. The van der Waals surface area contributed by atoms with Crippen molar-refractivity contribution in [2.75, 3.05) is 19.0 Å². The maximum Gasteiger partial charge on any atom is 0.123 e. The van der Waals surface area contributed by atoms with Gasteiger partial charge in [0.05, 0.1) is 13.3 Å². The Hall–Kier alpha value is -2.14. The van der Waals surface area contributed by atoms with Crippen molar-refractivity contribution in [1.82, 2.24) is 4.98 Å². The molecule has 0 atom stereocenters. The predicted octanol–water partition coefficient (Wildman–Crippen LogP) is 4.28. The SMILES string of the molecule is Nc1ccc(-c2cc3ccc(OCCCF)cc3s2)cn1. The van der Waals surface area contributed by atoms with E-state index in [1.54, 1.807) is 23.6 Å². The number of thiophene rings is 1. The second-order valence-electron chi connectivity index (χ2n) is 4.67. The van der Waals surface area contributed by atoms with Gasteiger partial charge >= 0.3 is 0 Å². The molecule has 0 saturated heterocycles. The van der Waals surface area contributed by atoms with Crippen molar-refractivity contribution in [3.63, 3.8) is 0 Å². The zero-order valence-corrected chi connectivity index (χ0v) is 12.2. The van der Waals surface area contributed by atoms with E-state index in [0.29, 0.717) is 18.8 Å². The molecule has 3 nitrogen and oxygen atoms in total. The highest BCUT2D eigenvalue weighted by molar-refractivity contribution is 7.22. The molecular formula is C16H15FN2OS. The quantitative estimate of drug-likeness (QED) is 0.715. The van der Waals surface area contributed by atoms with Gasteiger partial charge in [-0.2, -0.15) is 0 Å². The zero-order valence-electron chi connectivity index (χ0n) is 11.4. The average Bonchev–Trinajstić information content (AvgIpc) is 2.91. The number of pyridine rings is 1. The molecule has 0 aliphatic rings. The lowest BCUT2D eigenvalue weighted by atomic mass is 10.2. The number of fused-ring (bicyclic) bond motifs is 1. The Morgan fingerprint density at radius 1 is 1.19 bits per heavy atom. The maximum absolute atomic E-state index is 12.1. The largest absolute Gasteiger partial charge is 0.493 e. The van der Waals surface area contributed by atoms with Crippen molar-refractivity contribution in [2.45, 2.75) is 6.42 Å². The number of hydrogen-bond donors (Lipinski definition) is 1. The molecular weight excluding hydrogens is 287 g/mol. The molecule has 1 aromatic carbocycles. The van der Waals surface area contributed by atoms with Gasteiger partial charge in [-0.3, -0.25) is 4.39 Å². The highest BCUT2D eigenvalue weighted by Gasteiger charge is 2.06. The average molecular weight is 302 g/mol. The summed E-state index contributed by atoms with van der Waals surface area (Å²) in [6.45, 7) is 0.0532. The van der Waals surface area contributed by atoms with E-state index in [2.05, 4.69) is 11.1 Å². The van der Waals surface area contributed by atoms with E-state index in [-0.39, 0.29) is 6.67 Å². The van der Waals surface area contributed by atoms with Gasteiger partial charge in [-0.15, -0.1) is 11.3 Å².